The number of piperazine rings is 1. The molecule has 158 valence electrons. The van der Waals surface area contributed by atoms with Gasteiger partial charge in [0.2, 0.25) is 0 Å². The van der Waals surface area contributed by atoms with Gasteiger partial charge in [-0.3, -0.25) is 4.90 Å². The van der Waals surface area contributed by atoms with E-state index in [1.165, 1.54) is 12.1 Å². The van der Waals surface area contributed by atoms with Gasteiger partial charge in [0.25, 0.3) is 0 Å². The van der Waals surface area contributed by atoms with Gasteiger partial charge >= 0.3 is 0 Å². The van der Waals surface area contributed by atoms with Gasteiger partial charge in [0.1, 0.15) is 24.0 Å². The molecule has 5 rings (SSSR count). The fraction of sp³-hybridized carbons (Fsp3) is 0.273. The van der Waals surface area contributed by atoms with Crippen molar-refractivity contribution in [1.29, 1.82) is 0 Å². The maximum atomic E-state index is 13.5. The number of fused-ring (bicyclic) bond motifs is 1. The van der Waals surface area contributed by atoms with E-state index in [0.29, 0.717) is 17.9 Å². The predicted octanol–water partition coefficient (Wildman–Crippen LogP) is 3.08. The maximum absolute atomic E-state index is 13.5. The van der Waals surface area contributed by atoms with Crippen molar-refractivity contribution in [3.05, 3.63) is 60.7 Å². The van der Waals surface area contributed by atoms with Crippen LogP contribution in [0.1, 0.15) is 0 Å². The van der Waals surface area contributed by atoms with E-state index in [0.717, 1.165) is 48.8 Å². The second-order valence-corrected chi connectivity index (χ2v) is 7.43. The van der Waals surface area contributed by atoms with Crippen LogP contribution in [0.4, 0.5) is 14.6 Å². The van der Waals surface area contributed by atoms with Crippen LogP contribution in [0, 0.1) is 5.82 Å². The van der Waals surface area contributed by atoms with E-state index in [2.05, 4.69) is 20.0 Å². The van der Waals surface area contributed by atoms with Crippen LogP contribution in [-0.2, 0) is 0 Å². The van der Waals surface area contributed by atoms with Crippen molar-refractivity contribution in [3.8, 4) is 22.5 Å². The molecule has 0 N–H and O–H groups in total. The molecule has 0 aliphatic carbocycles. The first-order valence-electron chi connectivity index (χ1n) is 10.2. The summed E-state index contributed by atoms with van der Waals surface area (Å²) in [6.45, 7) is 3.32. The fourth-order valence-electron chi connectivity index (χ4n) is 3.91. The molecule has 9 heteroatoms. The van der Waals surface area contributed by atoms with E-state index in [9.17, 15) is 8.78 Å². The standard InChI is InChI=1S/C22H21F2N7/c23-8-10-29-11-13-30(14-12-29)20-6-5-19-27-21(16-1-3-18(24)4-2-16)22(31(19)28-20)17-7-9-25-26-15-17/h1-7,9,15H,8,10-14H2. The van der Waals surface area contributed by atoms with Gasteiger partial charge in [-0.25, -0.2) is 18.3 Å². The first-order valence-corrected chi connectivity index (χ1v) is 10.2. The van der Waals surface area contributed by atoms with Crippen LogP contribution in [0.25, 0.3) is 28.2 Å². The molecular formula is C22H21F2N7. The molecule has 1 saturated heterocycles. The second-order valence-electron chi connectivity index (χ2n) is 7.43. The number of halogens is 2. The highest BCUT2D eigenvalue weighted by Crippen LogP contribution is 2.32. The molecule has 4 aromatic rings. The van der Waals surface area contributed by atoms with Crippen LogP contribution < -0.4 is 4.90 Å². The van der Waals surface area contributed by atoms with E-state index < -0.39 is 0 Å². The zero-order chi connectivity index (χ0) is 21.2. The van der Waals surface area contributed by atoms with Crippen LogP contribution in [-0.4, -0.2) is 69.1 Å². The summed E-state index contributed by atoms with van der Waals surface area (Å²) >= 11 is 0. The third-order valence-electron chi connectivity index (χ3n) is 5.54. The first kappa shape index (κ1) is 19.5. The largest absolute Gasteiger partial charge is 0.353 e. The van der Waals surface area contributed by atoms with Crippen LogP contribution in [0.3, 0.4) is 0 Å². The molecule has 0 bridgehead atoms. The Morgan fingerprint density at radius 3 is 2.39 bits per heavy atom. The van der Waals surface area contributed by atoms with Crippen molar-refractivity contribution in [1.82, 2.24) is 29.7 Å². The number of imidazole rings is 1. The molecule has 31 heavy (non-hydrogen) atoms. The Hall–Kier alpha value is -3.46. The van der Waals surface area contributed by atoms with Crippen LogP contribution in [0.5, 0.6) is 0 Å². The molecule has 0 amide bonds. The van der Waals surface area contributed by atoms with Gasteiger partial charge < -0.3 is 4.90 Å². The van der Waals surface area contributed by atoms with Gasteiger partial charge in [-0.15, -0.1) is 5.10 Å². The molecule has 0 saturated carbocycles. The monoisotopic (exact) mass is 421 g/mol. The lowest BCUT2D eigenvalue weighted by Gasteiger charge is -2.34. The topological polar surface area (TPSA) is 62.5 Å². The maximum Gasteiger partial charge on any atom is 0.155 e. The summed E-state index contributed by atoms with van der Waals surface area (Å²) in [5.41, 5.74) is 3.77. The van der Waals surface area contributed by atoms with Gasteiger partial charge in [0.05, 0.1) is 18.1 Å². The Kier molecular flexibility index (Phi) is 5.25. The third kappa shape index (κ3) is 3.84. The number of alkyl halides is 1. The van der Waals surface area contributed by atoms with Gasteiger partial charge in [-0.1, -0.05) is 0 Å². The summed E-state index contributed by atoms with van der Waals surface area (Å²) in [6.07, 6.45) is 3.29. The molecule has 1 aliphatic rings. The number of hydrogen-bond donors (Lipinski definition) is 0. The molecule has 1 fully saturated rings. The van der Waals surface area contributed by atoms with E-state index in [4.69, 9.17) is 10.1 Å². The highest BCUT2D eigenvalue weighted by atomic mass is 19.1. The number of hydrogen-bond acceptors (Lipinski definition) is 6. The Labute approximate surface area is 178 Å². The van der Waals surface area contributed by atoms with E-state index in [1.807, 2.05) is 18.2 Å². The molecule has 4 heterocycles. The lowest BCUT2D eigenvalue weighted by molar-refractivity contribution is 0.235. The van der Waals surface area contributed by atoms with Gasteiger partial charge in [0, 0.05) is 43.9 Å². The van der Waals surface area contributed by atoms with Crippen LogP contribution in [0.2, 0.25) is 0 Å². The summed E-state index contributed by atoms with van der Waals surface area (Å²) in [6, 6.07) is 12.0. The Morgan fingerprint density at radius 2 is 1.68 bits per heavy atom. The van der Waals surface area contributed by atoms with Crippen molar-refractivity contribution >= 4 is 11.5 Å². The van der Waals surface area contributed by atoms with Gasteiger partial charge in [-0.2, -0.15) is 10.2 Å². The molecule has 7 nitrogen and oxygen atoms in total. The molecule has 1 aromatic carbocycles. The number of benzene rings is 1. The fourth-order valence-corrected chi connectivity index (χ4v) is 3.91. The minimum Gasteiger partial charge on any atom is -0.353 e. The quantitative estimate of drug-likeness (QED) is 0.494. The van der Waals surface area contributed by atoms with E-state index >= 15 is 0 Å². The molecule has 0 spiro atoms. The SMILES string of the molecule is FCCN1CCN(c2ccc3nc(-c4ccc(F)cc4)c(-c4ccnnc4)n3n2)CC1. The van der Waals surface area contributed by atoms with E-state index in [-0.39, 0.29) is 12.5 Å². The number of rotatable bonds is 5. The summed E-state index contributed by atoms with van der Waals surface area (Å²) in [4.78, 5) is 9.09. The molecular weight excluding hydrogens is 400 g/mol. The Bertz CT molecular complexity index is 1170. The van der Waals surface area contributed by atoms with E-state index in [1.54, 1.807) is 29.0 Å². The molecule has 0 unspecified atom stereocenters. The smallest absolute Gasteiger partial charge is 0.155 e. The van der Waals surface area contributed by atoms with Crippen molar-refractivity contribution in [2.75, 3.05) is 44.3 Å². The zero-order valence-corrected chi connectivity index (χ0v) is 16.8. The highest BCUT2D eigenvalue weighted by molar-refractivity contribution is 5.81. The molecule has 0 radical (unpaired) electrons. The molecule has 3 aromatic heterocycles. The minimum atomic E-state index is -0.325. The number of anilines is 1. The van der Waals surface area contributed by atoms with Crippen LogP contribution >= 0.6 is 0 Å². The Balaban J connectivity index is 1.58. The number of aromatic nitrogens is 5. The molecule has 1 aliphatic heterocycles. The average Bonchev–Trinajstić information content (AvgIpc) is 3.19. The summed E-state index contributed by atoms with van der Waals surface area (Å²) in [5, 5.41) is 12.8. The van der Waals surface area contributed by atoms with Crippen molar-refractivity contribution in [3.63, 3.8) is 0 Å². The average molecular weight is 421 g/mol. The summed E-state index contributed by atoms with van der Waals surface area (Å²) in [7, 11) is 0. The normalized spacial score (nSPS) is 15.0. The second kappa shape index (κ2) is 8.35. The minimum absolute atomic E-state index is 0.299. The van der Waals surface area contributed by atoms with Crippen molar-refractivity contribution < 1.29 is 8.78 Å². The Morgan fingerprint density at radius 1 is 0.871 bits per heavy atom. The van der Waals surface area contributed by atoms with Gasteiger partial charge in [-0.05, 0) is 42.5 Å². The highest BCUT2D eigenvalue weighted by Gasteiger charge is 2.21. The third-order valence-corrected chi connectivity index (χ3v) is 5.54. The summed E-state index contributed by atoms with van der Waals surface area (Å²) in [5.74, 6) is 0.533. The number of nitrogens with zero attached hydrogens (tertiary/aromatic N) is 7. The first-order chi connectivity index (χ1) is 15.2. The predicted molar refractivity (Wildman–Crippen MR) is 114 cm³/mol. The van der Waals surface area contributed by atoms with Crippen molar-refractivity contribution in [2.24, 2.45) is 0 Å². The van der Waals surface area contributed by atoms with Crippen LogP contribution in [0.15, 0.2) is 54.9 Å². The lowest BCUT2D eigenvalue weighted by atomic mass is 10.1. The molecule has 0 atom stereocenters. The zero-order valence-electron chi connectivity index (χ0n) is 16.8. The lowest BCUT2D eigenvalue weighted by Crippen LogP contribution is -2.47. The van der Waals surface area contributed by atoms with Gasteiger partial charge in [0.15, 0.2) is 5.65 Å². The summed E-state index contributed by atoms with van der Waals surface area (Å²) < 4.78 is 27.9. The van der Waals surface area contributed by atoms with Crippen molar-refractivity contribution in [2.45, 2.75) is 0 Å².